The zero-order valence-corrected chi connectivity index (χ0v) is 19.1. The highest BCUT2D eigenvalue weighted by Gasteiger charge is 2.22. The Balaban J connectivity index is 1.47. The number of hydrogen-bond acceptors (Lipinski definition) is 4. The highest BCUT2D eigenvalue weighted by molar-refractivity contribution is 6.02. The average molecular weight is 442 g/mol. The van der Waals surface area contributed by atoms with Crippen molar-refractivity contribution >= 4 is 27.7 Å². The van der Waals surface area contributed by atoms with Gasteiger partial charge in [0.25, 0.3) is 0 Å². The molecule has 0 bridgehead atoms. The Bertz CT molecular complexity index is 1380. The van der Waals surface area contributed by atoms with Gasteiger partial charge in [-0.25, -0.2) is 4.79 Å². The molecule has 6 nitrogen and oxygen atoms in total. The van der Waals surface area contributed by atoms with Crippen LogP contribution in [0.4, 0.5) is 0 Å². The molecule has 0 spiro atoms. The smallest absolute Gasteiger partial charge is 0.366 e. The molecule has 0 saturated heterocycles. The molecule has 3 aromatic carbocycles. The zero-order valence-electron chi connectivity index (χ0n) is 19.1. The normalized spacial score (nSPS) is 11.7. The lowest BCUT2D eigenvalue weighted by molar-refractivity contribution is -0.645. The Kier molecular flexibility index (Phi) is 6.54. The molecule has 0 aliphatic carbocycles. The molecule has 0 unspecified atom stereocenters. The first kappa shape index (κ1) is 22.3. The highest BCUT2D eigenvalue weighted by Crippen LogP contribution is 2.23. The Labute approximate surface area is 193 Å². The lowest BCUT2D eigenvalue weighted by atomic mass is 10.1. The first-order valence-electron chi connectivity index (χ1n) is 11.0. The molecule has 1 aromatic heterocycles. The predicted molar refractivity (Wildman–Crippen MR) is 130 cm³/mol. The second-order valence-electron chi connectivity index (χ2n) is 8.37. The Morgan fingerprint density at radius 2 is 1.79 bits per heavy atom. The van der Waals surface area contributed by atoms with Crippen LogP contribution >= 0.6 is 0 Å². The van der Waals surface area contributed by atoms with Crippen LogP contribution in [0.5, 0.6) is 5.75 Å². The summed E-state index contributed by atoms with van der Waals surface area (Å²) in [6, 6.07) is 18.1. The summed E-state index contributed by atoms with van der Waals surface area (Å²) in [7, 11) is 0. The summed E-state index contributed by atoms with van der Waals surface area (Å²) >= 11 is 0. The molecule has 1 heterocycles. The lowest BCUT2D eigenvalue weighted by Crippen LogP contribution is -2.31. The maximum absolute atomic E-state index is 13.0. The van der Waals surface area contributed by atoms with E-state index in [0.29, 0.717) is 28.0 Å². The molecule has 0 aliphatic rings. The van der Waals surface area contributed by atoms with E-state index in [4.69, 9.17) is 4.74 Å². The third-order valence-electron chi connectivity index (χ3n) is 5.51. The summed E-state index contributed by atoms with van der Waals surface area (Å²) in [5.41, 5.74) is 3.94. The van der Waals surface area contributed by atoms with E-state index < -0.39 is 0 Å². The van der Waals surface area contributed by atoms with Crippen LogP contribution in [-0.2, 0) is 0 Å². The summed E-state index contributed by atoms with van der Waals surface area (Å²) < 4.78 is 7.05. The van der Waals surface area contributed by atoms with Crippen LogP contribution in [0.1, 0.15) is 44.0 Å². The van der Waals surface area contributed by atoms with Gasteiger partial charge in [0.1, 0.15) is 17.6 Å². The molecule has 6 heteroatoms. The van der Waals surface area contributed by atoms with Crippen molar-refractivity contribution in [2.24, 2.45) is 0 Å². The Morgan fingerprint density at radius 3 is 2.61 bits per heavy atom. The van der Waals surface area contributed by atoms with Crippen LogP contribution in [0.25, 0.3) is 21.8 Å². The van der Waals surface area contributed by atoms with Gasteiger partial charge in [-0.05, 0) is 86.9 Å². The van der Waals surface area contributed by atoms with Gasteiger partial charge in [0.15, 0.2) is 0 Å². The molecule has 4 rings (SSSR count). The van der Waals surface area contributed by atoms with E-state index in [1.807, 2.05) is 24.3 Å². The van der Waals surface area contributed by atoms with Gasteiger partial charge in [-0.2, -0.15) is 0 Å². The van der Waals surface area contributed by atoms with Crippen molar-refractivity contribution in [2.75, 3.05) is 6.61 Å². The third kappa shape index (κ3) is 5.12. The fourth-order valence-electron chi connectivity index (χ4n) is 3.67. The first-order chi connectivity index (χ1) is 15.9. The third-order valence-corrected chi connectivity index (χ3v) is 5.51. The average Bonchev–Trinajstić information content (AvgIpc) is 3.14. The molecule has 0 saturated carbocycles. The summed E-state index contributed by atoms with van der Waals surface area (Å²) in [6.07, 6.45) is 6.43. The topological polar surface area (TPSA) is 71.1 Å². The van der Waals surface area contributed by atoms with Crippen LogP contribution in [0.2, 0.25) is 0 Å². The number of allylic oxidation sites excluding steroid dienone is 3. The van der Waals surface area contributed by atoms with Gasteiger partial charge in [0.05, 0.1) is 5.56 Å². The number of para-hydroxylation sites is 2. The molecule has 33 heavy (non-hydrogen) atoms. The first-order valence-corrected chi connectivity index (χ1v) is 11.0. The largest absolute Gasteiger partial charge is 0.691 e. The van der Waals surface area contributed by atoms with Crippen molar-refractivity contribution in [3.05, 3.63) is 94.7 Å². The van der Waals surface area contributed by atoms with Gasteiger partial charge < -0.3 is 9.94 Å². The summed E-state index contributed by atoms with van der Waals surface area (Å²) in [6.45, 7) is 6.87. The van der Waals surface area contributed by atoms with Crippen molar-refractivity contribution in [2.45, 2.75) is 33.6 Å². The second kappa shape index (κ2) is 9.69. The van der Waals surface area contributed by atoms with Gasteiger partial charge in [-0.15, -0.1) is 4.85 Å². The van der Waals surface area contributed by atoms with Crippen LogP contribution in [0.3, 0.4) is 0 Å². The standard InChI is InChI=1S/C27H27N3O3/c1-19(2)7-6-8-20(3)15-16-33-24-14-13-21-17-23(12-11-22(21)18-24)27(31)29-25-9-4-5-10-26(25)30(32)28-29/h4-5,7,9-15,17-18H,6,8,16H2,1-3H3/b20-15+. The fourth-order valence-corrected chi connectivity index (χ4v) is 3.67. The molecule has 0 N–H and O–H groups in total. The van der Waals surface area contributed by atoms with Crippen LogP contribution in [0.15, 0.2) is 84.0 Å². The number of nitrogens with zero attached hydrogens (tertiary/aromatic N) is 3. The molecule has 0 radical (unpaired) electrons. The molecule has 0 atom stereocenters. The molecule has 4 aromatic rings. The van der Waals surface area contributed by atoms with Gasteiger partial charge in [0.2, 0.25) is 11.0 Å². The van der Waals surface area contributed by atoms with Crippen molar-refractivity contribution in [3.8, 4) is 5.75 Å². The fraction of sp³-hybridized carbons (Fsp3) is 0.222. The molecule has 0 aliphatic heterocycles. The van der Waals surface area contributed by atoms with E-state index in [1.165, 1.54) is 11.1 Å². The van der Waals surface area contributed by atoms with E-state index >= 15 is 0 Å². The van der Waals surface area contributed by atoms with E-state index in [9.17, 15) is 10.0 Å². The van der Waals surface area contributed by atoms with Gasteiger partial charge >= 0.3 is 5.91 Å². The summed E-state index contributed by atoms with van der Waals surface area (Å²) in [5.74, 6) is 0.428. The predicted octanol–water partition coefficient (Wildman–Crippen LogP) is 5.58. The number of carbonyl (C=O) groups excluding carboxylic acids is 1. The number of rotatable bonds is 7. The van der Waals surface area contributed by atoms with Crippen molar-refractivity contribution in [1.29, 1.82) is 0 Å². The lowest BCUT2D eigenvalue weighted by Gasteiger charge is -2.07. The number of hydrogen-bond donors (Lipinski definition) is 0. The summed E-state index contributed by atoms with van der Waals surface area (Å²) in [5, 5.41) is 17.7. The van der Waals surface area contributed by atoms with Gasteiger partial charge in [0, 0.05) is 0 Å². The number of benzene rings is 3. The van der Waals surface area contributed by atoms with Gasteiger partial charge in [-0.3, -0.25) is 0 Å². The Morgan fingerprint density at radius 1 is 1.03 bits per heavy atom. The zero-order chi connectivity index (χ0) is 23.4. The number of carbonyl (C=O) groups is 1. The summed E-state index contributed by atoms with van der Waals surface area (Å²) in [4.78, 5) is 13.5. The molecule has 0 amide bonds. The van der Waals surface area contributed by atoms with Crippen molar-refractivity contribution in [1.82, 2.24) is 9.90 Å². The molecular formula is C27H27N3O3. The SMILES string of the molecule is CC(C)=CCC/C(C)=C/COc1ccc2cc(C(=O)n3n[n+]([O-])c4ccccc43)ccc2c1. The van der Waals surface area contributed by atoms with Crippen molar-refractivity contribution < 1.29 is 14.4 Å². The monoisotopic (exact) mass is 441 g/mol. The number of aromatic nitrogens is 3. The molecule has 0 fully saturated rings. The van der Waals surface area contributed by atoms with Crippen LogP contribution < -0.4 is 9.58 Å². The Hall–Kier alpha value is -3.93. The maximum atomic E-state index is 13.0. The number of fused-ring (bicyclic) bond motifs is 2. The van der Waals surface area contributed by atoms with E-state index in [-0.39, 0.29) is 5.91 Å². The van der Waals surface area contributed by atoms with E-state index in [2.05, 4.69) is 38.1 Å². The second-order valence-corrected chi connectivity index (χ2v) is 8.37. The highest BCUT2D eigenvalue weighted by atomic mass is 16.5. The van der Waals surface area contributed by atoms with Crippen LogP contribution in [0, 0.1) is 5.21 Å². The van der Waals surface area contributed by atoms with E-state index in [1.54, 1.807) is 36.4 Å². The minimum Gasteiger partial charge on any atom is -0.691 e. The van der Waals surface area contributed by atoms with Crippen LogP contribution in [-0.4, -0.2) is 22.4 Å². The van der Waals surface area contributed by atoms with Gasteiger partial charge in [-0.1, -0.05) is 46.2 Å². The minimum atomic E-state index is -0.350. The quantitative estimate of drug-likeness (QED) is 0.213. The van der Waals surface area contributed by atoms with E-state index in [0.717, 1.165) is 34.0 Å². The minimum absolute atomic E-state index is 0.350. The molecule has 168 valence electrons. The molecular weight excluding hydrogens is 414 g/mol. The maximum Gasteiger partial charge on any atom is 0.366 e. The number of ether oxygens (including phenoxy) is 1. The van der Waals surface area contributed by atoms with Crippen molar-refractivity contribution in [3.63, 3.8) is 0 Å².